The Hall–Kier alpha value is -2.13. The third-order valence-electron chi connectivity index (χ3n) is 6.17. The molecule has 0 saturated carbocycles. The molecule has 2 rings (SSSR count). The zero-order chi connectivity index (χ0) is 25.0. The van der Waals surface area contributed by atoms with E-state index in [1.807, 2.05) is 13.1 Å². The van der Waals surface area contributed by atoms with Gasteiger partial charge in [0.25, 0.3) is 0 Å². The molecule has 0 amide bonds. The number of benzene rings is 1. The molecule has 9 heteroatoms. The molecule has 1 aliphatic rings. The smallest absolute Gasteiger partial charge is 0.333 e. The Morgan fingerprint density at radius 3 is 2.33 bits per heavy atom. The monoisotopic (exact) mass is 486 g/mol. The van der Waals surface area contributed by atoms with E-state index in [0.717, 1.165) is 6.07 Å². The van der Waals surface area contributed by atoms with E-state index in [1.54, 1.807) is 0 Å². The van der Waals surface area contributed by atoms with Crippen LogP contribution in [0.15, 0.2) is 23.8 Å². The minimum Gasteiger partial charge on any atom is -0.458 e. The first-order valence-corrected chi connectivity index (χ1v) is 14.0. The van der Waals surface area contributed by atoms with Crippen molar-refractivity contribution in [3.8, 4) is 0 Å². The molecule has 5 nitrogen and oxygen atoms in total. The first-order valence-electron chi connectivity index (χ1n) is 11.1. The van der Waals surface area contributed by atoms with Gasteiger partial charge in [0.15, 0.2) is 20.0 Å². The van der Waals surface area contributed by atoms with Crippen LogP contribution >= 0.6 is 0 Å². The number of hydrogen-bond acceptors (Lipinski definition) is 5. The Balaban J connectivity index is 2.00. The first-order chi connectivity index (χ1) is 15.2. The minimum atomic E-state index is -2.27. The fraction of sp³-hybridized carbons (Fsp3) is 0.583. The van der Waals surface area contributed by atoms with Crippen LogP contribution in [0.2, 0.25) is 18.1 Å². The standard InChI is InChI=1S/C24H33F3O5Si/c1-15(28)30-21(11-9-7-8-10-16-12-19(26)20(27)14-18(16)25)17-13-22(29)31-23(17)32-33(5,6)24(2,3)4/h12-14,21,23H,7-11H2,1-6H3. The number of carbonyl (C=O) groups is 2. The van der Waals surface area contributed by atoms with Gasteiger partial charge < -0.3 is 13.9 Å². The summed E-state index contributed by atoms with van der Waals surface area (Å²) in [4.78, 5) is 23.7. The number of unbranched alkanes of at least 4 members (excludes halogenated alkanes) is 2. The van der Waals surface area contributed by atoms with Crippen LogP contribution in [0.4, 0.5) is 13.2 Å². The molecule has 184 valence electrons. The molecule has 0 aromatic heterocycles. The number of carbonyl (C=O) groups excluding carboxylic acids is 2. The molecular weight excluding hydrogens is 453 g/mol. The van der Waals surface area contributed by atoms with Gasteiger partial charge in [0.1, 0.15) is 11.9 Å². The Morgan fingerprint density at radius 1 is 1.09 bits per heavy atom. The summed E-state index contributed by atoms with van der Waals surface area (Å²) in [5, 5.41) is -0.112. The van der Waals surface area contributed by atoms with E-state index in [-0.39, 0.29) is 17.0 Å². The van der Waals surface area contributed by atoms with Gasteiger partial charge in [-0.05, 0) is 55.4 Å². The predicted octanol–water partition coefficient (Wildman–Crippen LogP) is 5.97. The van der Waals surface area contributed by atoms with E-state index < -0.39 is 50.1 Å². The lowest BCUT2D eigenvalue weighted by atomic mass is 10.0. The molecule has 1 heterocycles. The van der Waals surface area contributed by atoms with Crippen molar-refractivity contribution in [3.63, 3.8) is 0 Å². The van der Waals surface area contributed by atoms with Crippen LogP contribution in [-0.2, 0) is 29.9 Å². The molecule has 0 spiro atoms. The van der Waals surface area contributed by atoms with Gasteiger partial charge >= 0.3 is 11.9 Å². The molecule has 0 fully saturated rings. The lowest BCUT2D eigenvalue weighted by Crippen LogP contribution is -2.45. The van der Waals surface area contributed by atoms with Crippen molar-refractivity contribution in [3.05, 3.63) is 46.8 Å². The molecular formula is C24H33F3O5Si. The quantitative estimate of drug-likeness (QED) is 0.176. The third-order valence-corrected chi connectivity index (χ3v) is 10.6. The highest BCUT2D eigenvalue weighted by atomic mass is 28.4. The average molecular weight is 487 g/mol. The highest BCUT2D eigenvalue weighted by molar-refractivity contribution is 6.74. The van der Waals surface area contributed by atoms with E-state index in [0.29, 0.717) is 37.3 Å². The topological polar surface area (TPSA) is 61.8 Å². The number of esters is 2. The largest absolute Gasteiger partial charge is 0.458 e. The fourth-order valence-corrected chi connectivity index (χ4v) is 4.34. The molecule has 0 saturated heterocycles. The van der Waals surface area contributed by atoms with E-state index >= 15 is 0 Å². The van der Waals surface area contributed by atoms with Crippen molar-refractivity contribution < 1.29 is 36.7 Å². The number of hydrogen-bond donors (Lipinski definition) is 0. The van der Waals surface area contributed by atoms with Crippen molar-refractivity contribution in [2.75, 3.05) is 0 Å². The Morgan fingerprint density at radius 2 is 1.73 bits per heavy atom. The van der Waals surface area contributed by atoms with Crippen LogP contribution in [0.1, 0.15) is 58.9 Å². The second kappa shape index (κ2) is 10.9. The zero-order valence-electron chi connectivity index (χ0n) is 20.1. The molecule has 1 aromatic carbocycles. The zero-order valence-corrected chi connectivity index (χ0v) is 21.1. The maximum absolute atomic E-state index is 13.8. The molecule has 1 aromatic rings. The Labute approximate surface area is 194 Å². The SMILES string of the molecule is CC(=O)OC(CCCCCc1cc(F)c(F)cc1F)C1=CC(=O)OC1O[Si](C)(C)C(C)(C)C. The van der Waals surface area contributed by atoms with E-state index in [9.17, 15) is 22.8 Å². The lowest BCUT2D eigenvalue weighted by molar-refractivity contribution is -0.152. The summed E-state index contributed by atoms with van der Waals surface area (Å²) in [6, 6.07) is 1.43. The molecule has 33 heavy (non-hydrogen) atoms. The van der Waals surface area contributed by atoms with Gasteiger partial charge in [-0.1, -0.05) is 27.2 Å². The summed E-state index contributed by atoms with van der Waals surface area (Å²) in [7, 11) is -2.27. The van der Waals surface area contributed by atoms with Crippen LogP contribution in [-0.4, -0.2) is 32.6 Å². The lowest BCUT2D eigenvalue weighted by Gasteiger charge is -2.38. The summed E-state index contributed by atoms with van der Waals surface area (Å²) in [5.41, 5.74) is 0.595. The molecule has 0 bridgehead atoms. The van der Waals surface area contributed by atoms with Crippen LogP contribution in [0, 0.1) is 17.5 Å². The molecule has 2 atom stereocenters. The van der Waals surface area contributed by atoms with Crippen LogP contribution in [0.5, 0.6) is 0 Å². The van der Waals surface area contributed by atoms with Crippen molar-refractivity contribution >= 4 is 20.3 Å². The first kappa shape index (κ1) is 27.1. The Kier molecular flexibility index (Phi) is 8.92. The predicted molar refractivity (Wildman–Crippen MR) is 120 cm³/mol. The highest BCUT2D eigenvalue weighted by Crippen LogP contribution is 2.39. The van der Waals surface area contributed by atoms with Gasteiger partial charge in [-0.2, -0.15) is 0 Å². The van der Waals surface area contributed by atoms with Gasteiger partial charge in [0.05, 0.1) is 0 Å². The third kappa shape index (κ3) is 7.43. The van der Waals surface area contributed by atoms with E-state index in [4.69, 9.17) is 13.9 Å². The van der Waals surface area contributed by atoms with Gasteiger partial charge in [-0.15, -0.1) is 0 Å². The molecule has 0 radical (unpaired) electrons. The van der Waals surface area contributed by atoms with Crippen molar-refractivity contribution in [1.82, 2.24) is 0 Å². The maximum Gasteiger partial charge on any atom is 0.333 e. The molecule has 0 N–H and O–H groups in total. The number of aryl methyl sites for hydroxylation is 1. The van der Waals surface area contributed by atoms with Crippen LogP contribution < -0.4 is 0 Å². The summed E-state index contributed by atoms with van der Waals surface area (Å²) in [5.74, 6) is -4.09. The number of rotatable bonds is 10. The highest BCUT2D eigenvalue weighted by Gasteiger charge is 2.44. The number of cyclic esters (lactones) is 1. The number of halogens is 3. The van der Waals surface area contributed by atoms with E-state index in [1.165, 1.54) is 13.0 Å². The van der Waals surface area contributed by atoms with Crippen molar-refractivity contribution in [1.29, 1.82) is 0 Å². The maximum atomic E-state index is 13.8. The second-order valence-electron chi connectivity index (χ2n) is 9.85. The van der Waals surface area contributed by atoms with Gasteiger partial charge in [-0.3, -0.25) is 4.79 Å². The summed E-state index contributed by atoms with van der Waals surface area (Å²) < 4.78 is 57.3. The van der Waals surface area contributed by atoms with Crippen molar-refractivity contribution in [2.45, 2.75) is 90.3 Å². The van der Waals surface area contributed by atoms with E-state index in [2.05, 4.69) is 20.8 Å². The summed E-state index contributed by atoms with van der Waals surface area (Å²) in [6.45, 7) is 11.6. The van der Waals surface area contributed by atoms with Gasteiger partial charge in [0, 0.05) is 24.6 Å². The summed E-state index contributed by atoms with van der Waals surface area (Å²) in [6.07, 6.45) is 2.16. The Bertz CT molecular complexity index is 908. The minimum absolute atomic E-state index is 0.112. The van der Waals surface area contributed by atoms with Gasteiger partial charge in [0.2, 0.25) is 6.29 Å². The number of ether oxygens (including phenoxy) is 2. The molecule has 0 aliphatic carbocycles. The molecule has 2 unspecified atom stereocenters. The normalized spacial score (nSPS) is 17.5. The van der Waals surface area contributed by atoms with Gasteiger partial charge in [-0.25, -0.2) is 18.0 Å². The van der Waals surface area contributed by atoms with Crippen molar-refractivity contribution in [2.24, 2.45) is 0 Å². The van der Waals surface area contributed by atoms with Crippen LogP contribution in [0.3, 0.4) is 0 Å². The summed E-state index contributed by atoms with van der Waals surface area (Å²) >= 11 is 0. The molecule has 1 aliphatic heterocycles. The fourth-order valence-electron chi connectivity index (χ4n) is 3.26. The van der Waals surface area contributed by atoms with Crippen LogP contribution in [0.25, 0.3) is 0 Å². The average Bonchev–Trinajstić information content (AvgIpc) is 3.02. The second-order valence-corrected chi connectivity index (χ2v) is 14.6.